The number of carboxylic acids is 1. The van der Waals surface area contributed by atoms with Crippen LogP contribution in [0.3, 0.4) is 0 Å². The van der Waals surface area contributed by atoms with Gasteiger partial charge >= 0.3 is 11.9 Å². The van der Waals surface area contributed by atoms with E-state index < -0.39 is 34.6 Å². The second-order valence-electron chi connectivity index (χ2n) is 10.7. The van der Waals surface area contributed by atoms with Crippen LogP contribution < -0.4 is 9.47 Å². The summed E-state index contributed by atoms with van der Waals surface area (Å²) < 4.78 is 16.2. The molecule has 6 rings (SSSR count). The Balaban J connectivity index is 1.87. The van der Waals surface area contributed by atoms with Gasteiger partial charge in [-0.1, -0.05) is 84.9 Å². The molecule has 4 aromatic rings. The molecule has 0 heterocycles. The van der Waals surface area contributed by atoms with Gasteiger partial charge < -0.3 is 19.3 Å². The summed E-state index contributed by atoms with van der Waals surface area (Å²) in [6, 6.07) is 32.4. The topological polar surface area (TPSA) is 99.1 Å². The lowest BCUT2D eigenvalue weighted by Crippen LogP contribution is -2.47. The van der Waals surface area contributed by atoms with Crippen molar-refractivity contribution in [1.82, 2.24) is 0 Å². The molecular weight excluding hydrogens is 544 g/mol. The summed E-state index contributed by atoms with van der Waals surface area (Å²) in [6.07, 6.45) is 0. The van der Waals surface area contributed by atoms with E-state index in [1.165, 1.54) is 7.11 Å². The Hall–Kier alpha value is -5.17. The number of benzene rings is 4. The number of rotatable bonds is 8. The van der Waals surface area contributed by atoms with E-state index >= 15 is 4.79 Å². The molecule has 1 saturated carbocycles. The first-order chi connectivity index (χ1) is 20.9. The van der Waals surface area contributed by atoms with E-state index in [0.717, 1.165) is 0 Å². The molecule has 4 aromatic carbocycles. The lowest BCUT2D eigenvalue weighted by Gasteiger charge is -2.41. The predicted octanol–water partition coefficient (Wildman–Crippen LogP) is 5.58. The fourth-order valence-electron chi connectivity index (χ4n) is 7.36. The number of methoxy groups -OCH3 is 3. The van der Waals surface area contributed by atoms with Gasteiger partial charge in [0.15, 0.2) is 5.78 Å². The van der Waals surface area contributed by atoms with Gasteiger partial charge in [0, 0.05) is 0 Å². The largest absolute Gasteiger partial charge is 0.497 e. The van der Waals surface area contributed by atoms with E-state index in [-0.39, 0.29) is 5.78 Å². The number of carboxylic acid groups (broad SMARTS) is 1. The number of fused-ring (bicyclic) bond motifs is 2. The van der Waals surface area contributed by atoms with Crippen molar-refractivity contribution < 1.29 is 33.7 Å². The van der Waals surface area contributed by atoms with Crippen LogP contribution in [0.1, 0.15) is 22.3 Å². The number of ketones is 1. The van der Waals surface area contributed by atoms with Crippen molar-refractivity contribution in [2.45, 2.75) is 10.8 Å². The van der Waals surface area contributed by atoms with Crippen molar-refractivity contribution in [3.05, 3.63) is 131 Å². The summed E-state index contributed by atoms with van der Waals surface area (Å²) in [7, 11) is 4.36. The van der Waals surface area contributed by atoms with Gasteiger partial charge in [0.25, 0.3) is 0 Å². The Kier molecular flexibility index (Phi) is 6.89. The molecule has 7 heteroatoms. The van der Waals surface area contributed by atoms with Crippen LogP contribution in [0.25, 0.3) is 11.1 Å². The minimum Gasteiger partial charge on any atom is -0.497 e. The number of esters is 1. The smallest absolute Gasteiger partial charge is 0.311 e. The zero-order valence-corrected chi connectivity index (χ0v) is 23.9. The van der Waals surface area contributed by atoms with E-state index in [0.29, 0.717) is 44.9 Å². The van der Waals surface area contributed by atoms with E-state index in [2.05, 4.69) is 0 Å². The minimum atomic E-state index is -1.73. The molecule has 0 radical (unpaired) electrons. The summed E-state index contributed by atoms with van der Waals surface area (Å²) in [6.45, 7) is 0. The van der Waals surface area contributed by atoms with Crippen molar-refractivity contribution >= 4 is 28.9 Å². The highest BCUT2D eigenvalue weighted by Gasteiger charge is 2.80. The van der Waals surface area contributed by atoms with Gasteiger partial charge in [0.1, 0.15) is 11.5 Å². The first-order valence-corrected chi connectivity index (χ1v) is 13.9. The fourth-order valence-corrected chi connectivity index (χ4v) is 7.36. The van der Waals surface area contributed by atoms with Gasteiger partial charge in [-0.15, -0.1) is 0 Å². The number of ether oxygens (including phenoxy) is 3. The third kappa shape index (κ3) is 3.77. The Bertz CT molecular complexity index is 1730. The number of carbonyl (C=O) groups excluding carboxylic acids is 2. The molecule has 4 unspecified atom stereocenters. The minimum absolute atomic E-state index is 0.378. The van der Waals surface area contributed by atoms with Crippen molar-refractivity contribution in [2.24, 2.45) is 11.8 Å². The zero-order chi connectivity index (χ0) is 30.4. The molecule has 4 atom stereocenters. The van der Waals surface area contributed by atoms with E-state index in [1.807, 2.05) is 36.4 Å². The number of allylic oxidation sites excluding steroid dienone is 2. The number of Topliss-reactive ketones (excluding diaryl/α,β-unsaturated/α-hetero) is 1. The fraction of sp³-hybridized carbons (Fsp3) is 0.194. The van der Waals surface area contributed by atoms with Gasteiger partial charge in [-0.05, 0) is 57.7 Å². The molecule has 216 valence electrons. The summed E-state index contributed by atoms with van der Waals surface area (Å²) in [5.41, 5.74) is 0.0157. The second kappa shape index (κ2) is 10.6. The molecule has 1 N–H and O–H groups in total. The van der Waals surface area contributed by atoms with Crippen LogP contribution >= 0.6 is 0 Å². The molecule has 1 fully saturated rings. The average Bonchev–Trinajstić information content (AvgIpc) is 3.44. The maximum absolute atomic E-state index is 15.6. The predicted molar refractivity (Wildman–Crippen MR) is 161 cm³/mol. The lowest BCUT2D eigenvalue weighted by molar-refractivity contribution is -0.157. The number of hydrogen-bond acceptors (Lipinski definition) is 6. The maximum atomic E-state index is 15.6. The number of hydrogen-bond donors (Lipinski definition) is 1. The van der Waals surface area contributed by atoms with Crippen molar-refractivity contribution in [3.8, 4) is 11.5 Å². The lowest BCUT2D eigenvalue weighted by atomic mass is 9.58. The van der Waals surface area contributed by atoms with E-state index in [1.54, 1.807) is 87.0 Å². The van der Waals surface area contributed by atoms with Crippen molar-refractivity contribution in [2.75, 3.05) is 21.3 Å². The molecule has 2 bridgehead atoms. The number of aliphatic carboxylic acids is 1. The summed E-state index contributed by atoms with van der Waals surface area (Å²) in [5, 5.41) is 11.0. The van der Waals surface area contributed by atoms with Crippen molar-refractivity contribution in [3.63, 3.8) is 0 Å². The van der Waals surface area contributed by atoms with Gasteiger partial charge in [-0.3, -0.25) is 14.4 Å². The molecular formula is C36H30O7. The first-order valence-electron chi connectivity index (χ1n) is 13.9. The van der Waals surface area contributed by atoms with Crippen LogP contribution in [0.2, 0.25) is 0 Å². The van der Waals surface area contributed by atoms with Crippen LogP contribution in [0.4, 0.5) is 0 Å². The molecule has 7 nitrogen and oxygen atoms in total. The maximum Gasteiger partial charge on any atom is 0.311 e. The summed E-state index contributed by atoms with van der Waals surface area (Å²) in [5.74, 6) is -3.99. The molecule has 0 amide bonds. The molecule has 2 aliphatic rings. The quantitative estimate of drug-likeness (QED) is 0.275. The van der Waals surface area contributed by atoms with Crippen LogP contribution in [-0.4, -0.2) is 44.2 Å². The Labute approximate surface area is 249 Å². The highest BCUT2D eigenvalue weighted by atomic mass is 16.5. The van der Waals surface area contributed by atoms with Crippen LogP contribution in [0.5, 0.6) is 11.5 Å². The highest BCUT2D eigenvalue weighted by Crippen LogP contribution is 2.72. The normalized spacial score (nSPS) is 24.1. The first kappa shape index (κ1) is 28.0. The standard InChI is InChI=1S/C36H30O7/c1-41-26-18-14-22(15-19-26)28-29(23-16-20-27(42-2)21-17-23)36(25-12-8-5-9-13-25)31(33(39)43-3)30(32(37)38)35(28,34(36)40)24-10-6-4-7-11-24/h4-21,30-31H,1-3H3,(H,37,38). The average molecular weight is 575 g/mol. The van der Waals surface area contributed by atoms with E-state index in [9.17, 15) is 14.7 Å². The van der Waals surface area contributed by atoms with Crippen LogP contribution in [0, 0.1) is 11.8 Å². The molecule has 43 heavy (non-hydrogen) atoms. The monoisotopic (exact) mass is 574 g/mol. The van der Waals surface area contributed by atoms with Gasteiger partial charge in [0.2, 0.25) is 0 Å². The van der Waals surface area contributed by atoms with Crippen LogP contribution in [0.15, 0.2) is 109 Å². The third-order valence-electron chi connectivity index (χ3n) is 8.96. The molecule has 0 spiro atoms. The third-order valence-corrected chi connectivity index (χ3v) is 8.96. The van der Waals surface area contributed by atoms with Gasteiger partial charge in [-0.2, -0.15) is 0 Å². The second-order valence-corrected chi connectivity index (χ2v) is 10.7. The highest BCUT2D eigenvalue weighted by molar-refractivity contribution is 6.33. The molecule has 0 saturated heterocycles. The Morgan fingerprint density at radius 1 is 0.605 bits per heavy atom. The molecule has 0 aromatic heterocycles. The van der Waals surface area contributed by atoms with E-state index in [4.69, 9.17) is 14.2 Å². The zero-order valence-electron chi connectivity index (χ0n) is 23.9. The van der Waals surface area contributed by atoms with Crippen molar-refractivity contribution in [1.29, 1.82) is 0 Å². The Morgan fingerprint density at radius 2 is 1.00 bits per heavy atom. The molecule has 2 aliphatic carbocycles. The summed E-state index contributed by atoms with van der Waals surface area (Å²) >= 11 is 0. The Morgan fingerprint density at radius 3 is 1.35 bits per heavy atom. The number of carbonyl (C=O) groups is 3. The van der Waals surface area contributed by atoms with Gasteiger partial charge in [0.05, 0.1) is 44.0 Å². The SMILES string of the molecule is COC(=O)C1C(C(=O)O)C2(c3ccccc3)C(=O)C1(c1ccccc1)C(c1ccc(OC)cc1)=C2c1ccc(OC)cc1. The van der Waals surface area contributed by atoms with Crippen LogP contribution in [-0.2, 0) is 30.0 Å². The van der Waals surface area contributed by atoms with Gasteiger partial charge in [-0.25, -0.2) is 0 Å². The summed E-state index contributed by atoms with van der Waals surface area (Å²) in [4.78, 5) is 43.0. The molecule has 0 aliphatic heterocycles.